The van der Waals surface area contributed by atoms with Crippen molar-refractivity contribution in [2.24, 2.45) is 11.7 Å². The first-order valence-corrected chi connectivity index (χ1v) is 5.20. The number of halogens is 2. The first-order chi connectivity index (χ1) is 6.68. The van der Waals surface area contributed by atoms with Gasteiger partial charge in [0.25, 0.3) is 0 Å². The topological polar surface area (TPSA) is 26.0 Å². The van der Waals surface area contributed by atoms with E-state index in [0.717, 1.165) is 12.8 Å². The second-order valence-corrected chi connectivity index (χ2v) is 4.23. The van der Waals surface area contributed by atoms with Crippen molar-refractivity contribution in [2.45, 2.75) is 18.5 Å². The number of benzene rings is 1. The molecule has 3 heteroatoms. The van der Waals surface area contributed by atoms with Gasteiger partial charge in [0, 0.05) is 17.1 Å². The van der Waals surface area contributed by atoms with Crippen molar-refractivity contribution in [3.63, 3.8) is 0 Å². The molecule has 1 aliphatic rings. The van der Waals surface area contributed by atoms with Gasteiger partial charge < -0.3 is 5.73 Å². The molecule has 0 saturated heterocycles. The van der Waals surface area contributed by atoms with Crippen molar-refractivity contribution in [2.75, 3.05) is 6.54 Å². The molecule has 1 aliphatic carbocycles. The first-order valence-electron chi connectivity index (χ1n) is 4.82. The lowest BCUT2D eigenvalue weighted by atomic mass is 9.91. The molecule has 1 aromatic carbocycles. The van der Waals surface area contributed by atoms with Gasteiger partial charge in [-0.05, 0) is 24.8 Å². The Balaban J connectivity index is 2.40. The number of hydrogen-bond acceptors (Lipinski definition) is 1. The highest BCUT2D eigenvalue weighted by atomic mass is 35.5. The average Bonchev–Trinajstić information content (AvgIpc) is 3.01. The summed E-state index contributed by atoms with van der Waals surface area (Å²) in [4.78, 5) is 0. The van der Waals surface area contributed by atoms with E-state index in [2.05, 4.69) is 0 Å². The number of nitrogens with two attached hydrogens (primary N) is 1. The van der Waals surface area contributed by atoms with Crippen LogP contribution < -0.4 is 5.73 Å². The van der Waals surface area contributed by atoms with Crippen molar-refractivity contribution in [1.82, 2.24) is 0 Å². The van der Waals surface area contributed by atoms with E-state index in [0.29, 0.717) is 10.6 Å². The molecule has 1 atom stereocenters. The molecular formula is C11H13ClFN. The number of rotatable bonds is 3. The maximum absolute atomic E-state index is 14.5. The van der Waals surface area contributed by atoms with E-state index in [1.165, 1.54) is 0 Å². The lowest BCUT2D eigenvalue weighted by Gasteiger charge is -2.24. The first kappa shape index (κ1) is 9.94. The monoisotopic (exact) mass is 213 g/mol. The molecule has 0 radical (unpaired) electrons. The minimum atomic E-state index is -1.42. The highest BCUT2D eigenvalue weighted by molar-refractivity contribution is 6.31. The van der Waals surface area contributed by atoms with Crippen molar-refractivity contribution >= 4 is 11.6 Å². The maximum Gasteiger partial charge on any atom is 0.152 e. The van der Waals surface area contributed by atoms with Crippen LogP contribution in [0.25, 0.3) is 0 Å². The standard InChI is InChI=1S/C11H13ClFN/c12-10-4-2-1-3-9(10)11(13,7-14)8-5-6-8/h1-4,8H,5-7,14H2. The summed E-state index contributed by atoms with van der Waals surface area (Å²) in [5.74, 6) is 0.0624. The van der Waals surface area contributed by atoms with E-state index < -0.39 is 5.67 Å². The molecule has 1 unspecified atom stereocenters. The van der Waals surface area contributed by atoms with Gasteiger partial charge in [0.05, 0.1) is 0 Å². The predicted molar refractivity (Wildman–Crippen MR) is 56.0 cm³/mol. The Morgan fingerprint density at radius 2 is 2.07 bits per heavy atom. The second-order valence-electron chi connectivity index (χ2n) is 3.82. The number of hydrogen-bond donors (Lipinski definition) is 1. The smallest absolute Gasteiger partial charge is 0.152 e. The van der Waals surface area contributed by atoms with Gasteiger partial charge in [-0.1, -0.05) is 29.8 Å². The fraction of sp³-hybridized carbons (Fsp3) is 0.455. The van der Waals surface area contributed by atoms with Crippen molar-refractivity contribution in [3.8, 4) is 0 Å². The highest BCUT2D eigenvalue weighted by Gasteiger charge is 2.47. The van der Waals surface area contributed by atoms with Crippen LogP contribution in [0, 0.1) is 5.92 Å². The Kier molecular flexibility index (Phi) is 2.50. The summed E-state index contributed by atoms with van der Waals surface area (Å²) in [5.41, 5.74) is 4.64. The minimum absolute atomic E-state index is 0.0153. The molecule has 0 heterocycles. The van der Waals surface area contributed by atoms with Crippen LogP contribution >= 0.6 is 11.6 Å². The number of alkyl halides is 1. The van der Waals surface area contributed by atoms with Crippen molar-refractivity contribution in [1.29, 1.82) is 0 Å². The summed E-state index contributed by atoms with van der Waals surface area (Å²) in [7, 11) is 0. The summed E-state index contributed by atoms with van der Waals surface area (Å²) >= 11 is 5.96. The van der Waals surface area contributed by atoms with Gasteiger partial charge in [0.1, 0.15) is 0 Å². The normalized spacial score (nSPS) is 20.5. The van der Waals surface area contributed by atoms with Gasteiger partial charge in [0.15, 0.2) is 5.67 Å². The van der Waals surface area contributed by atoms with Gasteiger partial charge in [-0.2, -0.15) is 0 Å². The lowest BCUT2D eigenvalue weighted by molar-refractivity contribution is 0.143. The minimum Gasteiger partial charge on any atom is -0.327 e. The van der Waals surface area contributed by atoms with Crippen molar-refractivity contribution < 1.29 is 4.39 Å². The molecule has 0 aliphatic heterocycles. The van der Waals surface area contributed by atoms with Crippen LogP contribution in [0.15, 0.2) is 24.3 Å². The van der Waals surface area contributed by atoms with E-state index >= 15 is 0 Å². The van der Waals surface area contributed by atoms with Crippen LogP contribution in [0.5, 0.6) is 0 Å². The van der Waals surface area contributed by atoms with Crippen LogP contribution in [0.4, 0.5) is 4.39 Å². The molecular weight excluding hydrogens is 201 g/mol. The van der Waals surface area contributed by atoms with Gasteiger partial charge in [-0.3, -0.25) is 0 Å². The van der Waals surface area contributed by atoms with Gasteiger partial charge in [-0.25, -0.2) is 4.39 Å². The van der Waals surface area contributed by atoms with Crippen LogP contribution in [0.2, 0.25) is 5.02 Å². The van der Waals surface area contributed by atoms with E-state index in [4.69, 9.17) is 17.3 Å². The zero-order valence-electron chi connectivity index (χ0n) is 7.84. The molecule has 1 fully saturated rings. The van der Waals surface area contributed by atoms with E-state index in [1.807, 2.05) is 0 Å². The van der Waals surface area contributed by atoms with Gasteiger partial charge in [-0.15, -0.1) is 0 Å². The molecule has 0 spiro atoms. The quantitative estimate of drug-likeness (QED) is 0.821. The molecule has 1 aromatic rings. The average molecular weight is 214 g/mol. The zero-order valence-corrected chi connectivity index (χ0v) is 8.60. The summed E-state index contributed by atoms with van der Waals surface area (Å²) in [6.07, 6.45) is 1.83. The molecule has 0 aromatic heterocycles. The van der Waals surface area contributed by atoms with Gasteiger partial charge in [0.2, 0.25) is 0 Å². The lowest BCUT2D eigenvalue weighted by Crippen LogP contribution is -2.32. The molecule has 14 heavy (non-hydrogen) atoms. The third-order valence-electron chi connectivity index (χ3n) is 2.84. The summed E-state index contributed by atoms with van der Waals surface area (Å²) in [5, 5.41) is 0.479. The predicted octanol–water partition coefficient (Wildman–Crippen LogP) is 2.87. The molecule has 76 valence electrons. The van der Waals surface area contributed by atoms with E-state index in [9.17, 15) is 4.39 Å². The summed E-state index contributed by atoms with van der Waals surface area (Å²) < 4.78 is 14.5. The largest absolute Gasteiger partial charge is 0.327 e. The molecule has 2 N–H and O–H groups in total. The molecule has 1 nitrogen and oxygen atoms in total. The molecule has 2 rings (SSSR count). The maximum atomic E-state index is 14.5. The van der Waals surface area contributed by atoms with Crippen LogP contribution in [0.1, 0.15) is 18.4 Å². The SMILES string of the molecule is NCC(F)(c1ccccc1Cl)C1CC1. The third-order valence-corrected chi connectivity index (χ3v) is 3.17. The van der Waals surface area contributed by atoms with Crippen molar-refractivity contribution in [3.05, 3.63) is 34.9 Å². The molecule has 1 saturated carbocycles. The van der Waals surface area contributed by atoms with Crippen LogP contribution in [0.3, 0.4) is 0 Å². The molecule has 0 bridgehead atoms. The third kappa shape index (κ3) is 1.53. The fourth-order valence-corrected chi connectivity index (χ4v) is 2.13. The Morgan fingerprint density at radius 3 is 2.57 bits per heavy atom. The van der Waals surface area contributed by atoms with E-state index in [-0.39, 0.29) is 12.5 Å². The summed E-state index contributed by atoms with van der Waals surface area (Å²) in [6, 6.07) is 7.04. The van der Waals surface area contributed by atoms with E-state index in [1.54, 1.807) is 24.3 Å². The summed E-state index contributed by atoms with van der Waals surface area (Å²) in [6.45, 7) is 0.0153. The Bertz CT molecular complexity index is 338. The Hall–Kier alpha value is -0.600. The second kappa shape index (κ2) is 3.52. The fourth-order valence-electron chi connectivity index (χ4n) is 1.84. The highest BCUT2D eigenvalue weighted by Crippen LogP contribution is 2.49. The zero-order chi connectivity index (χ0) is 10.2. The van der Waals surface area contributed by atoms with Crippen LogP contribution in [-0.4, -0.2) is 6.54 Å². The Labute approximate surface area is 88.1 Å². The molecule has 0 amide bonds. The van der Waals surface area contributed by atoms with Crippen LogP contribution in [-0.2, 0) is 5.67 Å². The Morgan fingerprint density at radius 1 is 1.43 bits per heavy atom. The van der Waals surface area contributed by atoms with Gasteiger partial charge >= 0.3 is 0 Å².